The van der Waals surface area contributed by atoms with Crippen LogP contribution in [0.3, 0.4) is 0 Å². The minimum atomic E-state index is -1.39. The van der Waals surface area contributed by atoms with E-state index in [1.54, 1.807) is 77.7 Å². The molecule has 1 aliphatic heterocycles. The quantitative estimate of drug-likeness (QED) is 0.0262. The molecular formula is C62H56N12O11S6. The van der Waals surface area contributed by atoms with Crippen LogP contribution in [0.1, 0.15) is 130 Å². The number of benzene rings is 2. The molecule has 0 saturated carbocycles. The maximum absolute atomic E-state index is 14.9. The summed E-state index contributed by atoms with van der Waals surface area (Å²) in [5, 5.41) is 62.7. The van der Waals surface area contributed by atoms with E-state index in [1.165, 1.54) is 45.6 Å². The van der Waals surface area contributed by atoms with E-state index in [2.05, 4.69) is 56.0 Å². The molecule has 6 atom stereocenters. The van der Waals surface area contributed by atoms with E-state index >= 15 is 0 Å². The van der Waals surface area contributed by atoms with Gasteiger partial charge in [-0.25, -0.2) is 34.9 Å². The smallest absolute Gasteiger partial charge is 0.275 e. The fraction of sp³-hybridized carbons (Fsp3) is 0.226. The van der Waals surface area contributed by atoms with E-state index in [0.717, 1.165) is 45.3 Å². The SMILES string of the molecule is C=C(O)C(=C)NC(=O)C(=C)NC(=O)c1csc(-c2ccc3c(n2)-c2csc(n2)-c2csc(n2)C(C(C)CCO)NC(=O)C(Cc2ccc(O)cc2)CC(=O)c2csc(n2)C(C(O)c2ccccc2)NC(=O)c2nc(sc2C)C(CC(N)=O)CC(=O)c2csc-3n2)n1. The van der Waals surface area contributed by atoms with E-state index < -0.39 is 76.9 Å². The molecule has 6 unspecified atom stereocenters. The van der Waals surface area contributed by atoms with Gasteiger partial charge in [0.15, 0.2) is 11.6 Å². The van der Waals surface area contributed by atoms with Crippen molar-refractivity contribution < 1.29 is 54.0 Å². The van der Waals surface area contributed by atoms with Gasteiger partial charge in [-0.15, -0.1) is 68.0 Å². The minimum Gasteiger partial charge on any atom is -0.508 e. The Hall–Kier alpha value is -9.20. The molecule has 1 aliphatic rings. The molecule has 0 spiro atoms. The zero-order chi connectivity index (χ0) is 64.8. The maximum atomic E-state index is 14.9. The largest absolute Gasteiger partial charge is 0.508 e. The molecule has 0 radical (unpaired) electrons. The second-order valence-electron chi connectivity index (χ2n) is 21.1. The van der Waals surface area contributed by atoms with Gasteiger partial charge in [-0.3, -0.25) is 33.6 Å². The molecule has 466 valence electrons. The number of aromatic nitrogens is 7. The van der Waals surface area contributed by atoms with Crippen LogP contribution in [-0.4, -0.2) is 103 Å². The average Bonchev–Trinajstić information content (AvgIpc) is 1.71. The standard InChI is InChI=1S/C62H56N12O11S6/c1-28(17-18-75)48-61-71-44(27-90-61)60-69-42(25-87-60)50-38(15-16-39(66-50)59-70-43(26-88-59)55(84)65-30(3)53(82)64-29(2)31(4)76)58-67-40(23-86-58)46(79)21-36(22-47(63)80)57-74-49(32(5)91-57)56(85)73-51(52(81)34-9-7-6-8-10-34)62-68-41(24-89-62)45(78)20-35(54(83)72-48)19-33-11-13-37(77)14-12-33/h6-16,23-28,35-36,48,51-52,75-77,81H,2-4,17-22H2,1,5H3,(H2,63,80)(H,64,82)(H,65,84)(H,72,83)(H,73,85). The predicted octanol–water partition coefficient (Wildman–Crippen LogP) is 9.51. The number of rotatable bonds is 15. The number of phenolic OH excluding ortho intramolecular Hbond substituents is 1. The number of primary amides is 1. The number of hydrogen-bond acceptors (Lipinski definition) is 24. The summed E-state index contributed by atoms with van der Waals surface area (Å²) < 4.78 is 0. The Morgan fingerprint density at radius 2 is 1.30 bits per heavy atom. The first-order chi connectivity index (χ1) is 43.6. The van der Waals surface area contributed by atoms with E-state index in [9.17, 15) is 54.0 Å². The van der Waals surface area contributed by atoms with Crippen LogP contribution >= 0.6 is 68.0 Å². The molecule has 10 bridgehead atoms. The number of carbonyl (C=O) groups is 7. The summed E-state index contributed by atoms with van der Waals surface area (Å²) in [6.45, 7) is 13.7. The summed E-state index contributed by atoms with van der Waals surface area (Å²) in [6.07, 6.45) is -2.01. The van der Waals surface area contributed by atoms with Crippen molar-refractivity contribution in [1.29, 1.82) is 0 Å². The molecule has 7 aromatic heterocycles. The molecule has 0 saturated heterocycles. The molecule has 8 heterocycles. The molecular weight excluding hydrogens is 1280 g/mol. The molecule has 10 N–H and O–H groups in total. The number of Topliss-reactive ketones (excluding diaryl/α,β-unsaturated/α-hetero) is 2. The second kappa shape index (κ2) is 28.3. The topological polar surface area (TPSA) is 365 Å². The van der Waals surface area contributed by atoms with Crippen molar-refractivity contribution in [3.63, 3.8) is 0 Å². The number of aryl methyl sites for hydroxylation is 1. The lowest BCUT2D eigenvalue weighted by Crippen LogP contribution is -2.38. The lowest BCUT2D eigenvalue weighted by Gasteiger charge is -2.26. The van der Waals surface area contributed by atoms with Gasteiger partial charge in [-0.2, -0.15) is 0 Å². The molecule has 29 heteroatoms. The zero-order valence-corrected chi connectivity index (χ0v) is 53.3. The summed E-state index contributed by atoms with van der Waals surface area (Å²) >= 11 is 6.84. The normalized spacial score (nSPS) is 17.0. The van der Waals surface area contributed by atoms with Crippen LogP contribution in [0.15, 0.2) is 131 Å². The van der Waals surface area contributed by atoms with Crippen molar-refractivity contribution in [1.82, 2.24) is 56.2 Å². The number of carbonyl (C=O) groups excluding carboxylic acids is 7. The van der Waals surface area contributed by atoms with Gasteiger partial charge in [0.2, 0.25) is 11.8 Å². The van der Waals surface area contributed by atoms with Gasteiger partial charge in [0.05, 0.1) is 28.1 Å². The number of aliphatic hydroxyl groups excluding tert-OH is 3. The first-order valence-electron chi connectivity index (χ1n) is 27.8. The highest BCUT2D eigenvalue weighted by Gasteiger charge is 2.35. The van der Waals surface area contributed by atoms with Crippen LogP contribution < -0.4 is 27.0 Å². The number of thiazole rings is 6. The number of nitrogens with two attached hydrogens (primary N) is 1. The van der Waals surface area contributed by atoms with Gasteiger partial charge in [0.1, 0.15) is 88.6 Å². The molecule has 5 amide bonds. The number of phenols is 1. The number of amides is 5. The average molecular weight is 1340 g/mol. The van der Waals surface area contributed by atoms with Crippen LogP contribution in [0.25, 0.3) is 43.4 Å². The van der Waals surface area contributed by atoms with Gasteiger partial charge in [-0.1, -0.05) is 69.1 Å². The highest BCUT2D eigenvalue weighted by atomic mass is 32.1. The van der Waals surface area contributed by atoms with Gasteiger partial charge < -0.3 is 47.4 Å². The van der Waals surface area contributed by atoms with Crippen LogP contribution in [0.2, 0.25) is 0 Å². The molecule has 0 aliphatic carbocycles. The van der Waals surface area contributed by atoms with Gasteiger partial charge in [-0.05, 0) is 61.1 Å². The Labute approximate surface area is 543 Å². The minimum absolute atomic E-state index is 0.00437. The number of aliphatic hydroxyl groups is 3. The van der Waals surface area contributed by atoms with Crippen molar-refractivity contribution in [2.75, 3.05) is 6.61 Å². The summed E-state index contributed by atoms with van der Waals surface area (Å²) in [4.78, 5) is 131. The number of nitrogens with one attached hydrogen (secondary N) is 4. The van der Waals surface area contributed by atoms with E-state index in [1.807, 2.05) is 6.92 Å². The van der Waals surface area contributed by atoms with Crippen LogP contribution in [0.5, 0.6) is 5.75 Å². The fourth-order valence-electron chi connectivity index (χ4n) is 9.64. The van der Waals surface area contributed by atoms with Crippen LogP contribution in [-0.2, 0) is 20.8 Å². The van der Waals surface area contributed by atoms with Crippen LogP contribution in [0, 0.1) is 18.8 Å². The van der Waals surface area contributed by atoms with Crippen molar-refractivity contribution in [2.45, 2.75) is 70.1 Å². The summed E-state index contributed by atoms with van der Waals surface area (Å²) in [6, 6.07) is 16.2. The van der Waals surface area contributed by atoms with Crippen molar-refractivity contribution in [2.24, 2.45) is 17.6 Å². The van der Waals surface area contributed by atoms with Gasteiger partial charge in [0.25, 0.3) is 17.7 Å². The number of aromatic hydroxyl groups is 1. The Morgan fingerprint density at radius 3 is 2.01 bits per heavy atom. The molecule has 0 fully saturated rings. The predicted molar refractivity (Wildman–Crippen MR) is 346 cm³/mol. The second-order valence-corrected chi connectivity index (χ2v) is 26.7. The van der Waals surface area contributed by atoms with Crippen molar-refractivity contribution >= 4 is 109 Å². The molecule has 91 heavy (non-hydrogen) atoms. The third kappa shape index (κ3) is 15.2. The Morgan fingerprint density at radius 1 is 0.670 bits per heavy atom. The number of pyridine rings is 1. The molecule has 2 aromatic carbocycles. The van der Waals surface area contributed by atoms with Crippen LogP contribution in [0.4, 0.5) is 0 Å². The number of hydrogen-bond donors (Lipinski definition) is 9. The Bertz CT molecular complexity index is 4300. The summed E-state index contributed by atoms with van der Waals surface area (Å²) in [5.41, 5.74) is 8.04. The summed E-state index contributed by atoms with van der Waals surface area (Å²) in [5.74, 6) is -7.34. The highest BCUT2D eigenvalue weighted by molar-refractivity contribution is 7.15. The Kier molecular flexibility index (Phi) is 20.2. The fourth-order valence-corrected chi connectivity index (χ4v) is 15.0. The molecule has 10 rings (SSSR count). The van der Waals surface area contributed by atoms with Gasteiger partial charge >= 0.3 is 0 Å². The van der Waals surface area contributed by atoms with E-state index in [4.69, 9.17) is 25.7 Å². The zero-order valence-electron chi connectivity index (χ0n) is 48.4. The Balaban J connectivity index is 1.05. The number of nitrogens with zero attached hydrogens (tertiary/aromatic N) is 7. The van der Waals surface area contributed by atoms with E-state index in [-0.39, 0.29) is 94.6 Å². The highest BCUT2D eigenvalue weighted by Crippen LogP contribution is 2.41. The number of ketones is 2. The lowest BCUT2D eigenvalue weighted by atomic mass is 9.91. The maximum Gasteiger partial charge on any atom is 0.275 e. The number of fused-ring (bicyclic) bond motifs is 14. The van der Waals surface area contributed by atoms with Crippen molar-refractivity contribution in [3.05, 3.63) is 184 Å². The first kappa shape index (κ1) is 64.8. The summed E-state index contributed by atoms with van der Waals surface area (Å²) in [7, 11) is 0. The first-order valence-corrected chi connectivity index (χ1v) is 33.1. The third-order valence-corrected chi connectivity index (χ3v) is 20.1. The van der Waals surface area contributed by atoms with Crippen molar-refractivity contribution in [3.8, 4) is 49.1 Å². The molecule has 9 aromatic rings. The van der Waals surface area contributed by atoms with Gasteiger partial charge in [0, 0.05) is 75.0 Å². The monoisotopic (exact) mass is 1340 g/mol. The third-order valence-electron chi connectivity index (χ3n) is 14.5. The van der Waals surface area contributed by atoms with E-state index in [0.29, 0.717) is 64.4 Å². The lowest BCUT2D eigenvalue weighted by molar-refractivity contribution is -0.126. The molecule has 23 nitrogen and oxygen atoms in total.